The Morgan fingerprint density at radius 2 is 2.00 bits per heavy atom. The zero-order valence-corrected chi connectivity index (χ0v) is 11.0. The fourth-order valence-electron chi connectivity index (χ4n) is 1.77. The van der Waals surface area contributed by atoms with Gasteiger partial charge in [0.2, 0.25) is 5.95 Å². The Bertz CT molecular complexity index is 742. The SMILES string of the molecule is Nc1nc(C(F)(F)F)c(Cc2ccc(Cl)c(F)c2)c(=O)[nH]1. The number of alkyl halides is 3. The molecule has 0 radical (unpaired) electrons. The summed E-state index contributed by atoms with van der Waals surface area (Å²) in [6, 6.07) is 3.47. The highest BCUT2D eigenvalue weighted by Crippen LogP contribution is 2.30. The van der Waals surface area contributed by atoms with Crippen LogP contribution in [-0.2, 0) is 12.6 Å². The average molecular weight is 322 g/mol. The highest BCUT2D eigenvalue weighted by molar-refractivity contribution is 6.30. The first kappa shape index (κ1) is 15.3. The van der Waals surface area contributed by atoms with E-state index in [9.17, 15) is 22.4 Å². The van der Waals surface area contributed by atoms with Crippen LogP contribution in [0.3, 0.4) is 0 Å². The van der Waals surface area contributed by atoms with Crippen molar-refractivity contribution in [1.82, 2.24) is 9.97 Å². The number of aromatic amines is 1. The summed E-state index contributed by atoms with van der Waals surface area (Å²) < 4.78 is 52.0. The van der Waals surface area contributed by atoms with Crippen molar-refractivity contribution in [2.75, 3.05) is 5.73 Å². The first-order valence-corrected chi connectivity index (χ1v) is 5.96. The van der Waals surface area contributed by atoms with Gasteiger partial charge in [-0.25, -0.2) is 9.37 Å². The number of anilines is 1. The van der Waals surface area contributed by atoms with E-state index in [0.717, 1.165) is 6.07 Å². The highest BCUT2D eigenvalue weighted by atomic mass is 35.5. The van der Waals surface area contributed by atoms with Crippen LogP contribution < -0.4 is 11.3 Å². The maximum absolute atomic E-state index is 13.3. The van der Waals surface area contributed by atoms with Crippen molar-refractivity contribution in [3.8, 4) is 0 Å². The van der Waals surface area contributed by atoms with Crippen LogP contribution in [0.4, 0.5) is 23.5 Å². The minimum Gasteiger partial charge on any atom is -0.369 e. The average Bonchev–Trinajstić information content (AvgIpc) is 2.35. The smallest absolute Gasteiger partial charge is 0.369 e. The summed E-state index contributed by atoms with van der Waals surface area (Å²) in [5.74, 6) is -1.43. The van der Waals surface area contributed by atoms with E-state index in [0.29, 0.717) is 0 Å². The number of benzene rings is 1. The lowest BCUT2D eigenvalue weighted by atomic mass is 10.0. The fraction of sp³-hybridized carbons (Fsp3) is 0.167. The molecule has 0 atom stereocenters. The van der Waals surface area contributed by atoms with E-state index in [1.165, 1.54) is 12.1 Å². The molecule has 0 aliphatic rings. The molecule has 1 aromatic carbocycles. The van der Waals surface area contributed by atoms with Crippen LogP contribution in [0.15, 0.2) is 23.0 Å². The summed E-state index contributed by atoms with van der Waals surface area (Å²) in [7, 11) is 0. The molecule has 21 heavy (non-hydrogen) atoms. The maximum Gasteiger partial charge on any atom is 0.433 e. The Hall–Kier alpha value is -2.09. The van der Waals surface area contributed by atoms with Gasteiger partial charge in [-0.2, -0.15) is 13.2 Å². The van der Waals surface area contributed by atoms with Crippen molar-refractivity contribution >= 4 is 17.5 Å². The van der Waals surface area contributed by atoms with Crippen molar-refractivity contribution in [2.45, 2.75) is 12.6 Å². The monoisotopic (exact) mass is 321 g/mol. The third-order valence-corrected chi connectivity index (χ3v) is 2.97. The predicted octanol–water partition coefficient (Wildman–Crippen LogP) is 2.75. The van der Waals surface area contributed by atoms with Crippen LogP contribution in [0.2, 0.25) is 5.02 Å². The van der Waals surface area contributed by atoms with Crippen molar-refractivity contribution in [2.24, 2.45) is 0 Å². The summed E-state index contributed by atoms with van der Waals surface area (Å²) in [5.41, 5.74) is 2.22. The van der Waals surface area contributed by atoms with E-state index in [2.05, 4.69) is 4.98 Å². The van der Waals surface area contributed by atoms with E-state index < -0.39 is 41.2 Å². The van der Waals surface area contributed by atoms with E-state index in [4.69, 9.17) is 17.3 Å². The molecule has 0 spiro atoms. The molecule has 0 aliphatic carbocycles. The molecule has 1 aromatic heterocycles. The van der Waals surface area contributed by atoms with Gasteiger partial charge in [-0.15, -0.1) is 0 Å². The lowest BCUT2D eigenvalue weighted by Gasteiger charge is -2.11. The van der Waals surface area contributed by atoms with E-state index in [-0.39, 0.29) is 10.6 Å². The van der Waals surface area contributed by atoms with Crippen LogP contribution in [0.5, 0.6) is 0 Å². The molecule has 0 saturated carbocycles. The molecular formula is C12H8ClF4N3O. The highest BCUT2D eigenvalue weighted by Gasteiger charge is 2.37. The van der Waals surface area contributed by atoms with Gasteiger partial charge in [-0.05, 0) is 17.7 Å². The molecule has 2 rings (SSSR count). The van der Waals surface area contributed by atoms with Crippen molar-refractivity contribution in [3.63, 3.8) is 0 Å². The Morgan fingerprint density at radius 1 is 1.33 bits per heavy atom. The lowest BCUT2D eigenvalue weighted by molar-refractivity contribution is -0.141. The first-order valence-electron chi connectivity index (χ1n) is 5.58. The normalized spacial score (nSPS) is 11.7. The third kappa shape index (κ3) is 3.33. The lowest BCUT2D eigenvalue weighted by Crippen LogP contribution is -2.25. The third-order valence-electron chi connectivity index (χ3n) is 2.67. The van der Waals surface area contributed by atoms with E-state index in [1.54, 1.807) is 0 Å². The minimum atomic E-state index is -4.84. The molecule has 2 aromatic rings. The summed E-state index contributed by atoms with van der Waals surface area (Å²) >= 11 is 5.49. The summed E-state index contributed by atoms with van der Waals surface area (Å²) in [4.78, 5) is 16.8. The second-order valence-electron chi connectivity index (χ2n) is 4.20. The molecule has 0 aliphatic heterocycles. The summed E-state index contributed by atoms with van der Waals surface area (Å²) in [5, 5.41) is -0.167. The maximum atomic E-state index is 13.3. The number of H-pyrrole nitrogens is 1. The molecule has 0 bridgehead atoms. The second-order valence-corrected chi connectivity index (χ2v) is 4.61. The van der Waals surface area contributed by atoms with Crippen molar-refractivity contribution < 1.29 is 17.6 Å². The van der Waals surface area contributed by atoms with E-state index >= 15 is 0 Å². The van der Waals surface area contributed by atoms with Gasteiger partial charge in [-0.3, -0.25) is 9.78 Å². The first-order chi connectivity index (χ1) is 9.68. The number of hydrogen-bond donors (Lipinski definition) is 2. The molecule has 3 N–H and O–H groups in total. The second kappa shape index (κ2) is 5.36. The number of hydrogen-bond acceptors (Lipinski definition) is 3. The summed E-state index contributed by atoms with van der Waals surface area (Å²) in [6.07, 6.45) is -5.30. The Morgan fingerprint density at radius 3 is 2.57 bits per heavy atom. The standard InChI is InChI=1S/C12H8ClF4N3O/c13-7-2-1-5(4-8(7)14)3-6-9(12(15,16)17)19-11(18)20-10(6)21/h1-2,4H,3H2,(H3,18,19,20,21). The van der Waals surface area contributed by atoms with Crippen LogP contribution in [0.25, 0.3) is 0 Å². The fourth-order valence-corrected chi connectivity index (χ4v) is 1.88. The number of nitrogens with zero attached hydrogens (tertiary/aromatic N) is 1. The minimum absolute atomic E-state index is 0.152. The number of nitrogens with two attached hydrogens (primary N) is 1. The molecule has 0 fully saturated rings. The number of nitrogens with one attached hydrogen (secondary N) is 1. The number of aromatic nitrogens is 2. The van der Waals surface area contributed by atoms with Gasteiger partial charge >= 0.3 is 6.18 Å². The largest absolute Gasteiger partial charge is 0.433 e. The van der Waals surface area contributed by atoms with Crippen molar-refractivity contribution in [3.05, 3.63) is 56.2 Å². The van der Waals surface area contributed by atoms with Gasteiger partial charge in [-0.1, -0.05) is 17.7 Å². The molecule has 4 nitrogen and oxygen atoms in total. The van der Waals surface area contributed by atoms with Crippen LogP contribution >= 0.6 is 11.6 Å². The molecule has 0 unspecified atom stereocenters. The van der Waals surface area contributed by atoms with E-state index in [1.807, 2.05) is 4.98 Å². The van der Waals surface area contributed by atoms with Gasteiger partial charge in [0, 0.05) is 6.42 Å². The van der Waals surface area contributed by atoms with Gasteiger partial charge in [0.15, 0.2) is 5.69 Å². The van der Waals surface area contributed by atoms with Gasteiger partial charge in [0.1, 0.15) is 5.82 Å². The zero-order valence-electron chi connectivity index (χ0n) is 10.3. The Balaban J connectivity index is 2.53. The summed E-state index contributed by atoms with van der Waals surface area (Å²) in [6.45, 7) is 0. The van der Waals surface area contributed by atoms with Gasteiger partial charge < -0.3 is 5.73 Å². The molecular weight excluding hydrogens is 314 g/mol. The van der Waals surface area contributed by atoms with Gasteiger partial charge in [0.05, 0.1) is 10.6 Å². The predicted molar refractivity (Wildman–Crippen MR) is 68.5 cm³/mol. The van der Waals surface area contributed by atoms with Crippen LogP contribution in [0.1, 0.15) is 16.8 Å². The number of halogens is 5. The number of nitrogen functional groups attached to an aromatic ring is 1. The van der Waals surface area contributed by atoms with Crippen LogP contribution in [-0.4, -0.2) is 9.97 Å². The Labute approximate surface area is 120 Å². The Kier molecular flexibility index (Phi) is 3.91. The quantitative estimate of drug-likeness (QED) is 0.835. The topological polar surface area (TPSA) is 71.8 Å². The van der Waals surface area contributed by atoms with Gasteiger partial charge in [0.25, 0.3) is 5.56 Å². The number of rotatable bonds is 2. The zero-order chi connectivity index (χ0) is 15.8. The molecule has 0 amide bonds. The molecule has 1 heterocycles. The van der Waals surface area contributed by atoms with Crippen LogP contribution in [0, 0.1) is 5.82 Å². The molecule has 0 saturated heterocycles. The molecule has 112 valence electrons. The molecule has 9 heteroatoms. The van der Waals surface area contributed by atoms with Crippen molar-refractivity contribution in [1.29, 1.82) is 0 Å².